The zero-order valence-corrected chi connectivity index (χ0v) is 15.2. The van der Waals surface area contributed by atoms with Crippen molar-refractivity contribution in [3.8, 4) is 22.8 Å². The Labute approximate surface area is 160 Å². The Morgan fingerprint density at radius 2 is 2.14 bits per heavy atom. The molecular weight excluding hydrogens is 356 g/mol. The molecule has 0 unspecified atom stereocenters. The number of tetrazole rings is 1. The number of anilines is 1. The molecule has 9 heteroatoms. The highest BCUT2D eigenvalue weighted by Gasteiger charge is 2.17. The largest absolute Gasteiger partial charge is 0.392 e. The van der Waals surface area contributed by atoms with E-state index in [0.29, 0.717) is 23.0 Å². The first-order chi connectivity index (χ1) is 13.8. The fourth-order valence-electron chi connectivity index (χ4n) is 3.80. The first kappa shape index (κ1) is 16.8. The number of nitrogens with zero attached hydrogens (tertiary/aromatic N) is 6. The minimum absolute atomic E-state index is 0.137. The third-order valence-corrected chi connectivity index (χ3v) is 5.21. The number of aliphatic hydroxyl groups is 1. The smallest absolute Gasteiger partial charge is 0.206 e. The summed E-state index contributed by atoms with van der Waals surface area (Å²) >= 11 is 0. The number of nitrogens with one attached hydrogen (secondary N) is 2. The molecule has 0 aliphatic heterocycles. The SMILES string of the molecule is OCc1cc2ncc(-c3cccc(NC4CCCC4)n3)n2cc1-c1nn[nH]n1. The maximum Gasteiger partial charge on any atom is 0.206 e. The van der Waals surface area contributed by atoms with Gasteiger partial charge in [-0.1, -0.05) is 18.9 Å². The van der Waals surface area contributed by atoms with Crippen LogP contribution in [-0.4, -0.2) is 46.1 Å². The van der Waals surface area contributed by atoms with Gasteiger partial charge in [0, 0.05) is 17.8 Å². The first-order valence-electron chi connectivity index (χ1n) is 9.40. The van der Waals surface area contributed by atoms with E-state index in [2.05, 4.69) is 30.9 Å². The molecular formula is C19H20N8O. The lowest BCUT2D eigenvalue weighted by Crippen LogP contribution is -2.15. The normalized spacial score (nSPS) is 14.8. The average molecular weight is 376 g/mol. The second-order valence-electron chi connectivity index (χ2n) is 7.01. The highest BCUT2D eigenvalue weighted by molar-refractivity contribution is 5.68. The van der Waals surface area contributed by atoms with Crippen LogP contribution in [0.1, 0.15) is 31.2 Å². The van der Waals surface area contributed by atoms with Crippen molar-refractivity contribution < 1.29 is 5.11 Å². The minimum atomic E-state index is -0.137. The molecule has 1 fully saturated rings. The number of imidazole rings is 1. The van der Waals surface area contributed by atoms with Crippen LogP contribution in [0.4, 0.5) is 5.82 Å². The number of rotatable bonds is 5. The van der Waals surface area contributed by atoms with E-state index in [-0.39, 0.29) is 6.61 Å². The second kappa shape index (κ2) is 7.01. The summed E-state index contributed by atoms with van der Waals surface area (Å²) in [6, 6.07) is 8.30. The van der Waals surface area contributed by atoms with Gasteiger partial charge in [-0.25, -0.2) is 9.97 Å². The summed E-state index contributed by atoms with van der Waals surface area (Å²) in [5.41, 5.74) is 3.80. The molecule has 1 aliphatic carbocycles. The molecule has 142 valence electrons. The molecule has 1 saturated carbocycles. The summed E-state index contributed by atoms with van der Waals surface area (Å²) in [6.45, 7) is -0.137. The van der Waals surface area contributed by atoms with Crippen LogP contribution in [-0.2, 0) is 6.61 Å². The number of aromatic amines is 1. The highest BCUT2D eigenvalue weighted by Crippen LogP contribution is 2.27. The molecule has 0 bridgehead atoms. The molecule has 0 saturated heterocycles. The second-order valence-corrected chi connectivity index (χ2v) is 7.01. The van der Waals surface area contributed by atoms with Gasteiger partial charge in [-0.15, -0.1) is 10.2 Å². The Bertz CT molecular complexity index is 1100. The maximum atomic E-state index is 9.73. The Morgan fingerprint density at radius 3 is 2.93 bits per heavy atom. The summed E-state index contributed by atoms with van der Waals surface area (Å²) in [6.07, 6.45) is 8.59. The van der Waals surface area contributed by atoms with E-state index in [9.17, 15) is 5.11 Å². The monoisotopic (exact) mass is 376 g/mol. The van der Waals surface area contributed by atoms with Crippen molar-refractivity contribution >= 4 is 11.5 Å². The van der Waals surface area contributed by atoms with E-state index >= 15 is 0 Å². The molecule has 4 aromatic rings. The third-order valence-electron chi connectivity index (χ3n) is 5.21. The fourth-order valence-corrected chi connectivity index (χ4v) is 3.80. The Morgan fingerprint density at radius 1 is 1.25 bits per heavy atom. The average Bonchev–Trinajstić information content (AvgIpc) is 3.48. The molecule has 3 N–H and O–H groups in total. The molecule has 5 rings (SSSR count). The van der Waals surface area contributed by atoms with Gasteiger partial charge in [-0.3, -0.25) is 4.40 Å². The van der Waals surface area contributed by atoms with E-state index in [1.807, 2.05) is 34.9 Å². The number of aliphatic hydroxyl groups excluding tert-OH is 1. The van der Waals surface area contributed by atoms with E-state index in [1.165, 1.54) is 25.7 Å². The number of pyridine rings is 2. The summed E-state index contributed by atoms with van der Waals surface area (Å²) in [5, 5.41) is 27.4. The van der Waals surface area contributed by atoms with Gasteiger partial charge in [0.15, 0.2) is 0 Å². The van der Waals surface area contributed by atoms with Gasteiger partial charge in [0.05, 0.1) is 24.2 Å². The van der Waals surface area contributed by atoms with Crippen LogP contribution in [0.15, 0.2) is 36.7 Å². The lowest BCUT2D eigenvalue weighted by Gasteiger charge is -2.13. The van der Waals surface area contributed by atoms with Crippen LogP contribution >= 0.6 is 0 Å². The molecule has 9 nitrogen and oxygen atoms in total. The topological polar surface area (TPSA) is 117 Å². The summed E-state index contributed by atoms with van der Waals surface area (Å²) in [5.74, 6) is 1.31. The molecule has 0 aromatic carbocycles. The summed E-state index contributed by atoms with van der Waals surface area (Å²) < 4.78 is 1.94. The van der Waals surface area contributed by atoms with Gasteiger partial charge < -0.3 is 10.4 Å². The zero-order valence-electron chi connectivity index (χ0n) is 15.2. The number of hydrogen-bond donors (Lipinski definition) is 3. The predicted octanol–water partition coefficient (Wildman–Crippen LogP) is 2.42. The van der Waals surface area contributed by atoms with Gasteiger partial charge in [0.1, 0.15) is 11.5 Å². The molecule has 0 spiro atoms. The molecule has 1 aliphatic rings. The third kappa shape index (κ3) is 2.99. The van der Waals surface area contributed by atoms with Gasteiger partial charge in [0.2, 0.25) is 5.82 Å². The van der Waals surface area contributed by atoms with Crippen LogP contribution in [0.5, 0.6) is 0 Å². The lowest BCUT2D eigenvalue weighted by molar-refractivity contribution is 0.282. The summed E-state index contributed by atoms with van der Waals surface area (Å²) in [4.78, 5) is 9.28. The van der Waals surface area contributed by atoms with Crippen LogP contribution in [0.3, 0.4) is 0 Å². The maximum absolute atomic E-state index is 9.73. The Hall–Kier alpha value is -3.33. The molecule has 0 radical (unpaired) electrons. The van der Waals surface area contributed by atoms with Crippen molar-refractivity contribution in [2.24, 2.45) is 0 Å². The Kier molecular flexibility index (Phi) is 4.21. The minimum Gasteiger partial charge on any atom is -0.392 e. The van der Waals surface area contributed by atoms with Crippen LogP contribution in [0, 0.1) is 0 Å². The molecule has 0 atom stereocenters. The van der Waals surface area contributed by atoms with Gasteiger partial charge in [-0.05, 0) is 41.8 Å². The van der Waals surface area contributed by atoms with Crippen molar-refractivity contribution in [1.29, 1.82) is 0 Å². The summed E-state index contributed by atoms with van der Waals surface area (Å²) in [7, 11) is 0. The van der Waals surface area contributed by atoms with Crippen LogP contribution in [0.25, 0.3) is 28.4 Å². The lowest BCUT2D eigenvalue weighted by atomic mass is 10.1. The van der Waals surface area contributed by atoms with Gasteiger partial charge >= 0.3 is 0 Å². The van der Waals surface area contributed by atoms with Crippen LogP contribution < -0.4 is 5.32 Å². The van der Waals surface area contributed by atoms with Crippen molar-refractivity contribution in [3.05, 3.63) is 42.2 Å². The molecule has 4 aromatic heterocycles. The quantitative estimate of drug-likeness (QED) is 0.490. The van der Waals surface area contributed by atoms with E-state index in [1.54, 1.807) is 6.20 Å². The zero-order chi connectivity index (χ0) is 18.9. The molecule has 4 heterocycles. The Balaban J connectivity index is 1.57. The number of hydrogen-bond acceptors (Lipinski definition) is 7. The van der Waals surface area contributed by atoms with Gasteiger partial charge in [0.25, 0.3) is 0 Å². The number of fused-ring (bicyclic) bond motifs is 1. The van der Waals surface area contributed by atoms with Crippen LogP contribution in [0.2, 0.25) is 0 Å². The number of H-pyrrole nitrogens is 1. The number of aromatic nitrogens is 7. The van der Waals surface area contributed by atoms with Crippen molar-refractivity contribution in [1.82, 2.24) is 35.0 Å². The fraction of sp³-hybridized carbons (Fsp3) is 0.316. The van der Waals surface area contributed by atoms with E-state index in [0.717, 1.165) is 22.9 Å². The van der Waals surface area contributed by atoms with E-state index < -0.39 is 0 Å². The van der Waals surface area contributed by atoms with Gasteiger partial charge in [-0.2, -0.15) is 5.21 Å². The standard InChI is InChI=1S/C19H20N8O/c28-11-12-8-18-20-9-16(27(18)10-14(12)19-23-25-26-24-19)15-6-3-7-17(22-15)21-13-4-1-2-5-13/h3,6-10,13,28H,1-2,4-5,11H2,(H,21,22)(H,23,24,25,26). The first-order valence-corrected chi connectivity index (χ1v) is 9.40. The predicted molar refractivity (Wildman–Crippen MR) is 103 cm³/mol. The molecule has 0 amide bonds. The van der Waals surface area contributed by atoms with Crippen molar-refractivity contribution in [2.75, 3.05) is 5.32 Å². The molecule has 28 heavy (non-hydrogen) atoms. The van der Waals surface area contributed by atoms with Crippen molar-refractivity contribution in [3.63, 3.8) is 0 Å². The highest BCUT2D eigenvalue weighted by atomic mass is 16.3. The van der Waals surface area contributed by atoms with E-state index in [4.69, 9.17) is 4.98 Å². The van der Waals surface area contributed by atoms with Crippen molar-refractivity contribution in [2.45, 2.75) is 38.3 Å².